The van der Waals surface area contributed by atoms with Gasteiger partial charge in [-0.15, -0.1) is 11.3 Å². The van der Waals surface area contributed by atoms with Crippen LogP contribution in [0.2, 0.25) is 0 Å². The molecule has 1 amide bonds. The molecule has 0 bridgehead atoms. The Kier molecular flexibility index (Phi) is 6.63. The van der Waals surface area contributed by atoms with Crippen LogP contribution >= 0.6 is 11.3 Å². The Balaban J connectivity index is 1.64. The minimum atomic E-state index is 0.108. The topological polar surface area (TPSA) is 44.8 Å². The molecule has 1 aliphatic rings. The number of likely N-dealkylation sites (N-methyl/N-ethyl adjacent to an activating group) is 1. The van der Waals surface area contributed by atoms with Crippen molar-refractivity contribution < 1.29 is 9.53 Å². The van der Waals surface area contributed by atoms with Gasteiger partial charge in [-0.25, -0.2) is 0 Å². The van der Waals surface area contributed by atoms with E-state index in [-0.39, 0.29) is 12.0 Å². The minimum absolute atomic E-state index is 0.108. The van der Waals surface area contributed by atoms with Crippen LogP contribution in [0.4, 0.5) is 0 Å². The van der Waals surface area contributed by atoms with Crippen LogP contribution in [0.15, 0.2) is 17.5 Å². The maximum Gasteiger partial charge on any atom is 0.234 e. The lowest BCUT2D eigenvalue weighted by Crippen LogP contribution is -2.49. The van der Waals surface area contributed by atoms with Gasteiger partial charge in [-0.05, 0) is 32.0 Å². The summed E-state index contributed by atoms with van der Waals surface area (Å²) in [4.78, 5) is 17.6. The van der Waals surface area contributed by atoms with E-state index in [9.17, 15) is 4.79 Å². The fourth-order valence-electron chi connectivity index (χ4n) is 2.48. The van der Waals surface area contributed by atoms with E-state index in [1.165, 1.54) is 4.88 Å². The van der Waals surface area contributed by atoms with Crippen LogP contribution in [0, 0.1) is 0 Å². The molecule has 0 unspecified atom stereocenters. The molecule has 2 heterocycles. The second-order valence-corrected chi connectivity index (χ2v) is 6.70. The molecule has 0 radical (unpaired) electrons. The summed E-state index contributed by atoms with van der Waals surface area (Å²) in [5, 5.41) is 5.06. The van der Waals surface area contributed by atoms with E-state index in [1.54, 1.807) is 11.3 Å². The third-order valence-corrected chi connectivity index (χ3v) is 4.37. The molecule has 1 N–H and O–H groups in total. The first-order valence-electron chi connectivity index (χ1n) is 7.41. The van der Waals surface area contributed by atoms with Crippen LogP contribution in [-0.4, -0.2) is 75.2 Å². The predicted molar refractivity (Wildman–Crippen MR) is 85.8 cm³/mol. The Labute approximate surface area is 130 Å². The van der Waals surface area contributed by atoms with Crippen LogP contribution in [-0.2, 0) is 16.0 Å². The van der Waals surface area contributed by atoms with Gasteiger partial charge in [0.2, 0.25) is 5.91 Å². The van der Waals surface area contributed by atoms with Gasteiger partial charge in [0, 0.05) is 31.1 Å². The Morgan fingerprint density at radius 2 is 2.43 bits per heavy atom. The van der Waals surface area contributed by atoms with Gasteiger partial charge >= 0.3 is 0 Å². The molecule has 1 aliphatic heterocycles. The number of hydrogen-bond acceptors (Lipinski definition) is 5. The van der Waals surface area contributed by atoms with Crippen LogP contribution in [0.25, 0.3) is 0 Å². The molecule has 1 saturated heterocycles. The lowest BCUT2D eigenvalue weighted by molar-refractivity contribution is -0.124. The highest BCUT2D eigenvalue weighted by Crippen LogP contribution is 2.08. The van der Waals surface area contributed by atoms with Crippen molar-refractivity contribution in [1.82, 2.24) is 15.1 Å². The Bertz CT molecular complexity index is 423. The Hall–Kier alpha value is -0.950. The van der Waals surface area contributed by atoms with Gasteiger partial charge < -0.3 is 15.0 Å². The van der Waals surface area contributed by atoms with E-state index < -0.39 is 0 Å². The van der Waals surface area contributed by atoms with Crippen LogP contribution in [0.5, 0.6) is 0 Å². The molecule has 0 aromatic carbocycles. The zero-order valence-electron chi connectivity index (χ0n) is 12.9. The average Bonchev–Trinajstić information content (AvgIpc) is 2.91. The van der Waals surface area contributed by atoms with Crippen molar-refractivity contribution in [3.05, 3.63) is 22.4 Å². The van der Waals surface area contributed by atoms with E-state index in [2.05, 4.69) is 26.6 Å². The lowest BCUT2D eigenvalue weighted by atomic mass is 10.2. The van der Waals surface area contributed by atoms with Gasteiger partial charge in [0.1, 0.15) is 0 Å². The van der Waals surface area contributed by atoms with E-state index >= 15 is 0 Å². The summed E-state index contributed by atoms with van der Waals surface area (Å²) in [6.07, 6.45) is 1.11. The largest absolute Gasteiger partial charge is 0.374 e. The number of carbonyl (C=O) groups is 1. The summed E-state index contributed by atoms with van der Waals surface area (Å²) in [7, 11) is 4.08. The number of nitrogens with one attached hydrogen (secondary N) is 1. The molecule has 118 valence electrons. The first-order valence-corrected chi connectivity index (χ1v) is 8.29. The standard InChI is InChI=1S/C15H25N3O2S/c1-17(2)10-13-11-18(7-8-20-13)12-15(19)16-6-5-14-4-3-9-21-14/h3-4,9,13H,5-8,10-12H2,1-2H3,(H,16,19)/t13-/m0/s1. The highest BCUT2D eigenvalue weighted by molar-refractivity contribution is 7.09. The fraction of sp³-hybridized carbons (Fsp3) is 0.667. The molecule has 21 heavy (non-hydrogen) atoms. The SMILES string of the molecule is CN(C)C[C@H]1CN(CC(=O)NCCc2cccs2)CCO1. The van der Waals surface area contributed by atoms with E-state index in [4.69, 9.17) is 4.74 Å². The molecule has 2 rings (SSSR count). The van der Waals surface area contributed by atoms with Gasteiger partial charge in [-0.3, -0.25) is 9.69 Å². The molecule has 5 nitrogen and oxygen atoms in total. The fourth-order valence-corrected chi connectivity index (χ4v) is 3.19. The van der Waals surface area contributed by atoms with Crippen molar-refractivity contribution in [2.45, 2.75) is 12.5 Å². The van der Waals surface area contributed by atoms with E-state index in [0.717, 1.165) is 26.1 Å². The molecule has 1 aromatic heterocycles. The quantitative estimate of drug-likeness (QED) is 0.804. The number of ether oxygens (including phenoxy) is 1. The number of morpholine rings is 1. The predicted octanol–water partition coefficient (Wildman–Crippen LogP) is 0.669. The number of hydrogen-bond donors (Lipinski definition) is 1. The zero-order chi connectivity index (χ0) is 15.1. The number of carbonyl (C=O) groups excluding carboxylic acids is 1. The van der Waals surface area contributed by atoms with Crippen molar-refractivity contribution in [1.29, 1.82) is 0 Å². The summed E-state index contributed by atoms with van der Waals surface area (Å²) in [5.41, 5.74) is 0. The lowest BCUT2D eigenvalue weighted by Gasteiger charge is -2.33. The van der Waals surface area contributed by atoms with Crippen LogP contribution < -0.4 is 5.32 Å². The highest BCUT2D eigenvalue weighted by Gasteiger charge is 2.22. The molecule has 1 aromatic rings. The number of rotatable bonds is 7. The Morgan fingerprint density at radius 1 is 1.57 bits per heavy atom. The van der Waals surface area contributed by atoms with Gasteiger partial charge in [-0.1, -0.05) is 6.07 Å². The summed E-state index contributed by atoms with van der Waals surface area (Å²) in [5.74, 6) is 0.108. The monoisotopic (exact) mass is 311 g/mol. The second kappa shape index (κ2) is 8.48. The maximum absolute atomic E-state index is 12.0. The maximum atomic E-state index is 12.0. The van der Waals surface area contributed by atoms with Gasteiger partial charge in [-0.2, -0.15) is 0 Å². The van der Waals surface area contributed by atoms with Crippen molar-refractivity contribution in [3.8, 4) is 0 Å². The van der Waals surface area contributed by atoms with Gasteiger partial charge in [0.05, 0.1) is 19.3 Å². The molecular weight excluding hydrogens is 286 g/mol. The summed E-state index contributed by atoms with van der Waals surface area (Å²) < 4.78 is 5.72. The van der Waals surface area contributed by atoms with Gasteiger partial charge in [0.25, 0.3) is 0 Å². The molecular formula is C15H25N3O2S. The summed E-state index contributed by atoms with van der Waals surface area (Å²) in [6, 6.07) is 4.14. The van der Waals surface area contributed by atoms with Crippen molar-refractivity contribution in [3.63, 3.8) is 0 Å². The highest BCUT2D eigenvalue weighted by atomic mass is 32.1. The first kappa shape index (κ1) is 16.4. The van der Waals surface area contributed by atoms with Crippen LogP contribution in [0.3, 0.4) is 0 Å². The normalized spacial score (nSPS) is 19.9. The molecule has 1 fully saturated rings. The number of amides is 1. The number of thiophene rings is 1. The average molecular weight is 311 g/mol. The van der Waals surface area contributed by atoms with Crippen molar-refractivity contribution in [2.24, 2.45) is 0 Å². The third-order valence-electron chi connectivity index (χ3n) is 3.43. The van der Waals surface area contributed by atoms with Gasteiger partial charge in [0.15, 0.2) is 0 Å². The molecule has 0 saturated carbocycles. The summed E-state index contributed by atoms with van der Waals surface area (Å²) >= 11 is 1.73. The molecule has 0 aliphatic carbocycles. The third kappa shape index (κ3) is 6.13. The molecule has 1 atom stereocenters. The summed E-state index contributed by atoms with van der Waals surface area (Å²) in [6.45, 7) is 4.46. The smallest absolute Gasteiger partial charge is 0.234 e. The minimum Gasteiger partial charge on any atom is -0.374 e. The zero-order valence-corrected chi connectivity index (χ0v) is 13.7. The molecule has 0 spiro atoms. The van der Waals surface area contributed by atoms with Crippen molar-refractivity contribution >= 4 is 17.2 Å². The van der Waals surface area contributed by atoms with Crippen molar-refractivity contribution in [2.75, 3.05) is 53.4 Å². The second-order valence-electron chi connectivity index (χ2n) is 5.67. The van der Waals surface area contributed by atoms with E-state index in [1.807, 2.05) is 20.2 Å². The first-order chi connectivity index (χ1) is 10.1. The van der Waals surface area contributed by atoms with Crippen LogP contribution in [0.1, 0.15) is 4.88 Å². The van der Waals surface area contributed by atoms with E-state index in [0.29, 0.717) is 19.7 Å². The Morgan fingerprint density at radius 3 is 3.14 bits per heavy atom. The molecule has 6 heteroatoms. The number of nitrogens with zero attached hydrogens (tertiary/aromatic N) is 2.